The molecule has 0 radical (unpaired) electrons. The van der Waals surface area contributed by atoms with Crippen LogP contribution in [0.25, 0.3) is 0 Å². The molecule has 72 valence electrons. The van der Waals surface area contributed by atoms with Crippen molar-refractivity contribution < 1.29 is 0 Å². The Bertz CT molecular complexity index is 110. The molecule has 1 aliphatic carbocycles. The van der Waals surface area contributed by atoms with Gasteiger partial charge < -0.3 is 0 Å². The zero-order valence-electron chi connectivity index (χ0n) is 9.03. The molecule has 0 heterocycles. The molecular formula is C12H24. The Morgan fingerprint density at radius 2 is 1.17 bits per heavy atom. The minimum absolute atomic E-state index is 0.553. The van der Waals surface area contributed by atoms with Gasteiger partial charge in [0.2, 0.25) is 0 Å². The van der Waals surface area contributed by atoms with Gasteiger partial charge in [-0.05, 0) is 24.2 Å². The number of hydrogen-bond donors (Lipinski definition) is 0. The average Bonchev–Trinajstić information content (AvgIpc) is 1.81. The van der Waals surface area contributed by atoms with Gasteiger partial charge in [-0.1, -0.05) is 52.9 Å². The van der Waals surface area contributed by atoms with Crippen LogP contribution in [0, 0.1) is 11.3 Å². The summed E-state index contributed by atoms with van der Waals surface area (Å²) in [5.41, 5.74) is 0.553. The van der Waals surface area contributed by atoms with E-state index in [1.54, 1.807) is 0 Å². The van der Waals surface area contributed by atoms with E-state index in [1.807, 2.05) is 0 Å². The fraction of sp³-hybridized carbons (Fsp3) is 1.00. The van der Waals surface area contributed by atoms with Crippen molar-refractivity contribution in [1.29, 1.82) is 0 Å². The van der Waals surface area contributed by atoms with Crippen LogP contribution in [0.5, 0.6) is 0 Å². The van der Waals surface area contributed by atoms with Gasteiger partial charge in [-0.25, -0.2) is 0 Å². The van der Waals surface area contributed by atoms with Crippen molar-refractivity contribution in [2.45, 2.75) is 65.7 Å². The smallest absolute Gasteiger partial charge is 0.0354 e. The molecular weight excluding hydrogens is 144 g/mol. The third kappa shape index (κ3) is 3.16. The Hall–Kier alpha value is 0. The maximum Gasteiger partial charge on any atom is -0.0354 e. The van der Waals surface area contributed by atoms with Crippen molar-refractivity contribution >= 4 is 0 Å². The van der Waals surface area contributed by atoms with E-state index in [2.05, 4.69) is 20.8 Å². The van der Waals surface area contributed by atoms with Crippen molar-refractivity contribution in [2.24, 2.45) is 11.3 Å². The van der Waals surface area contributed by atoms with Gasteiger partial charge in [-0.15, -0.1) is 0 Å². The summed E-state index contributed by atoms with van der Waals surface area (Å²) < 4.78 is 0. The number of hydrogen-bond acceptors (Lipinski definition) is 0. The lowest BCUT2D eigenvalue weighted by molar-refractivity contribution is 0.193. The Morgan fingerprint density at radius 3 is 1.58 bits per heavy atom. The standard InChI is InChI=1S/C12H24/c1-12(2,3)11-9-7-5-4-6-8-10-11/h11H,4-10H2,1-3H3. The maximum atomic E-state index is 2.40. The molecule has 1 fully saturated rings. The van der Waals surface area contributed by atoms with Crippen LogP contribution >= 0.6 is 0 Å². The van der Waals surface area contributed by atoms with Crippen LogP contribution < -0.4 is 0 Å². The molecule has 0 unspecified atom stereocenters. The number of rotatable bonds is 0. The molecule has 0 atom stereocenters. The lowest BCUT2D eigenvalue weighted by Gasteiger charge is -2.32. The van der Waals surface area contributed by atoms with Crippen molar-refractivity contribution in [3.05, 3.63) is 0 Å². The van der Waals surface area contributed by atoms with Gasteiger partial charge >= 0.3 is 0 Å². The Balaban J connectivity index is 2.40. The van der Waals surface area contributed by atoms with E-state index in [4.69, 9.17) is 0 Å². The molecule has 0 amide bonds. The molecule has 1 rings (SSSR count). The molecule has 1 aliphatic rings. The first kappa shape index (κ1) is 10.1. The Kier molecular flexibility index (Phi) is 3.61. The predicted molar refractivity (Wildman–Crippen MR) is 55.3 cm³/mol. The molecule has 12 heavy (non-hydrogen) atoms. The second kappa shape index (κ2) is 4.30. The normalized spacial score (nSPS) is 23.2. The molecule has 0 aromatic heterocycles. The van der Waals surface area contributed by atoms with Gasteiger partial charge in [0.05, 0.1) is 0 Å². The lowest BCUT2D eigenvalue weighted by Crippen LogP contribution is -2.21. The quantitative estimate of drug-likeness (QED) is 0.503. The topological polar surface area (TPSA) is 0 Å². The SMILES string of the molecule is CC(C)(C)C1CCCCCCC1. The minimum Gasteiger partial charge on any atom is -0.0599 e. The van der Waals surface area contributed by atoms with Gasteiger partial charge in [-0.2, -0.15) is 0 Å². The summed E-state index contributed by atoms with van der Waals surface area (Å²) in [6, 6.07) is 0. The highest BCUT2D eigenvalue weighted by Gasteiger charge is 2.24. The Morgan fingerprint density at radius 1 is 0.750 bits per heavy atom. The van der Waals surface area contributed by atoms with Gasteiger partial charge in [0.15, 0.2) is 0 Å². The molecule has 1 saturated carbocycles. The first-order valence-corrected chi connectivity index (χ1v) is 5.61. The average molecular weight is 168 g/mol. The molecule has 0 aromatic carbocycles. The van der Waals surface area contributed by atoms with E-state index in [-0.39, 0.29) is 0 Å². The van der Waals surface area contributed by atoms with Crippen molar-refractivity contribution in [3.63, 3.8) is 0 Å². The molecule has 0 spiro atoms. The van der Waals surface area contributed by atoms with Crippen LogP contribution in [-0.2, 0) is 0 Å². The highest BCUT2D eigenvalue weighted by molar-refractivity contribution is 4.75. The summed E-state index contributed by atoms with van der Waals surface area (Å²) in [4.78, 5) is 0. The fourth-order valence-electron chi connectivity index (χ4n) is 2.32. The molecule has 0 aromatic rings. The van der Waals surface area contributed by atoms with E-state index < -0.39 is 0 Å². The van der Waals surface area contributed by atoms with Crippen LogP contribution in [-0.4, -0.2) is 0 Å². The Labute approximate surface area is 77.7 Å². The second-order valence-electron chi connectivity index (χ2n) is 5.41. The molecule has 0 aliphatic heterocycles. The summed E-state index contributed by atoms with van der Waals surface area (Å²) in [7, 11) is 0. The van der Waals surface area contributed by atoms with E-state index >= 15 is 0 Å². The van der Waals surface area contributed by atoms with Crippen molar-refractivity contribution in [3.8, 4) is 0 Å². The molecule has 0 N–H and O–H groups in total. The van der Waals surface area contributed by atoms with Gasteiger partial charge in [0.1, 0.15) is 0 Å². The van der Waals surface area contributed by atoms with E-state index in [0.717, 1.165) is 5.92 Å². The van der Waals surface area contributed by atoms with Crippen LogP contribution in [0.1, 0.15) is 65.7 Å². The van der Waals surface area contributed by atoms with Crippen LogP contribution in [0.3, 0.4) is 0 Å². The van der Waals surface area contributed by atoms with E-state index in [0.29, 0.717) is 5.41 Å². The second-order valence-corrected chi connectivity index (χ2v) is 5.41. The minimum atomic E-state index is 0.553. The first-order valence-electron chi connectivity index (χ1n) is 5.61. The van der Waals surface area contributed by atoms with Crippen molar-refractivity contribution in [1.82, 2.24) is 0 Å². The zero-order chi connectivity index (χ0) is 9.03. The first-order chi connectivity index (χ1) is 5.61. The van der Waals surface area contributed by atoms with Crippen LogP contribution in [0.15, 0.2) is 0 Å². The lowest BCUT2D eigenvalue weighted by atomic mass is 9.74. The van der Waals surface area contributed by atoms with Crippen LogP contribution in [0.4, 0.5) is 0 Å². The van der Waals surface area contributed by atoms with Gasteiger partial charge in [0, 0.05) is 0 Å². The highest BCUT2D eigenvalue weighted by Crippen LogP contribution is 2.35. The van der Waals surface area contributed by atoms with Gasteiger partial charge in [-0.3, -0.25) is 0 Å². The summed E-state index contributed by atoms with van der Waals surface area (Å²) in [5.74, 6) is 0.984. The maximum absolute atomic E-state index is 2.40. The molecule has 0 saturated heterocycles. The summed E-state index contributed by atoms with van der Waals surface area (Å²) in [5, 5.41) is 0. The molecule has 0 bridgehead atoms. The third-order valence-electron chi connectivity index (χ3n) is 3.33. The fourth-order valence-corrected chi connectivity index (χ4v) is 2.32. The van der Waals surface area contributed by atoms with Crippen LogP contribution in [0.2, 0.25) is 0 Å². The van der Waals surface area contributed by atoms with Gasteiger partial charge in [0.25, 0.3) is 0 Å². The third-order valence-corrected chi connectivity index (χ3v) is 3.33. The largest absolute Gasteiger partial charge is 0.0599 e. The molecule has 0 heteroatoms. The zero-order valence-corrected chi connectivity index (χ0v) is 9.03. The van der Waals surface area contributed by atoms with E-state index in [1.165, 1.54) is 44.9 Å². The predicted octanol–water partition coefficient (Wildman–Crippen LogP) is 4.39. The van der Waals surface area contributed by atoms with E-state index in [9.17, 15) is 0 Å². The molecule has 0 nitrogen and oxygen atoms in total. The van der Waals surface area contributed by atoms with Crippen molar-refractivity contribution in [2.75, 3.05) is 0 Å². The highest BCUT2D eigenvalue weighted by atomic mass is 14.3. The summed E-state index contributed by atoms with van der Waals surface area (Å²) >= 11 is 0. The summed E-state index contributed by atoms with van der Waals surface area (Å²) in [6.45, 7) is 7.21. The summed E-state index contributed by atoms with van der Waals surface area (Å²) in [6.07, 6.45) is 10.3. The monoisotopic (exact) mass is 168 g/mol.